The number of alkyl carbamates (subject to hydrolysis) is 1. The van der Waals surface area contributed by atoms with Gasteiger partial charge in [0.2, 0.25) is 0 Å². The highest BCUT2D eigenvalue weighted by Crippen LogP contribution is 2.48. The van der Waals surface area contributed by atoms with E-state index in [1.165, 1.54) is 0 Å². The van der Waals surface area contributed by atoms with Gasteiger partial charge in [0.1, 0.15) is 6.10 Å². The van der Waals surface area contributed by atoms with E-state index in [9.17, 15) is 9.59 Å². The smallest absolute Gasteiger partial charge is 0.407 e. The van der Waals surface area contributed by atoms with Gasteiger partial charge in [0, 0.05) is 18.9 Å². The van der Waals surface area contributed by atoms with Crippen molar-refractivity contribution in [2.45, 2.75) is 96.0 Å². The quantitative estimate of drug-likeness (QED) is 0.414. The number of carboxylic acids is 1. The predicted octanol–water partition coefficient (Wildman–Crippen LogP) is 5.30. The van der Waals surface area contributed by atoms with Crippen LogP contribution in [0.1, 0.15) is 76.7 Å². The van der Waals surface area contributed by atoms with Gasteiger partial charge in [-0.1, -0.05) is 62.9 Å². The van der Waals surface area contributed by atoms with Crippen LogP contribution < -0.4 is 5.32 Å². The third-order valence-electron chi connectivity index (χ3n) is 6.71. The third kappa shape index (κ3) is 6.96. The van der Waals surface area contributed by atoms with E-state index >= 15 is 0 Å². The van der Waals surface area contributed by atoms with Crippen molar-refractivity contribution >= 4 is 12.1 Å². The molecule has 5 atom stereocenters. The van der Waals surface area contributed by atoms with Crippen LogP contribution in [-0.2, 0) is 20.8 Å². The average Bonchev–Trinajstić information content (AvgIpc) is 3.37. The fourth-order valence-electron chi connectivity index (χ4n) is 5.28. The predicted molar refractivity (Wildman–Crippen MR) is 119 cm³/mol. The summed E-state index contributed by atoms with van der Waals surface area (Å²) in [5.74, 6) is -0.0245. The molecule has 0 spiro atoms. The number of fused-ring (bicyclic) bond motifs is 2. The summed E-state index contributed by atoms with van der Waals surface area (Å²) < 4.78 is 12.2. The van der Waals surface area contributed by atoms with Gasteiger partial charge in [-0.2, -0.15) is 0 Å². The van der Waals surface area contributed by atoms with Crippen molar-refractivity contribution in [2.75, 3.05) is 0 Å². The molecule has 172 valence electrons. The molecular formula is C25H37NO5. The van der Waals surface area contributed by atoms with Gasteiger partial charge in [0.25, 0.3) is 0 Å². The Kier molecular flexibility index (Phi) is 9.19. The van der Waals surface area contributed by atoms with Gasteiger partial charge in [0.05, 0.1) is 12.2 Å². The lowest BCUT2D eigenvalue weighted by Crippen LogP contribution is -2.41. The van der Waals surface area contributed by atoms with E-state index in [-0.39, 0.29) is 36.7 Å². The third-order valence-corrected chi connectivity index (χ3v) is 6.71. The summed E-state index contributed by atoms with van der Waals surface area (Å²) in [6.07, 6.45) is 9.12. The number of carbonyl (C=O) groups excluding carboxylic acids is 1. The van der Waals surface area contributed by atoms with Crippen molar-refractivity contribution in [2.24, 2.45) is 11.8 Å². The highest BCUT2D eigenvalue weighted by atomic mass is 16.6. The molecule has 2 fully saturated rings. The summed E-state index contributed by atoms with van der Waals surface area (Å²) in [5, 5.41) is 11.7. The maximum atomic E-state index is 12.5. The molecule has 6 nitrogen and oxygen atoms in total. The molecule has 6 heteroatoms. The second-order valence-electron chi connectivity index (χ2n) is 8.95. The minimum absolute atomic E-state index is 0.118. The molecule has 0 saturated carbocycles. The van der Waals surface area contributed by atoms with Gasteiger partial charge in [0.15, 0.2) is 0 Å². The van der Waals surface area contributed by atoms with Gasteiger partial charge in [-0.3, -0.25) is 4.79 Å². The zero-order valence-electron chi connectivity index (χ0n) is 18.6. The SMILES string of the molecule is CCCC(OC(=O)NCc1ccccc1)C1C2CCC(O2)C1CCCCCCC(=O)O. The lowest BCUT2D eigenvalue weighted by molar-refractivity contribution is -0.137. The van der Waals surface area contributed by atoms with E-state index in [0.29, 0.717) is 12.5 Å². The summed E-state index contributed by atoms with van der Waals surface area (Å²) in [7, 11) is 0. The van der Waals surface area contributed by atoms with Gasteiger partial charge in [-0.15, -0.1) is 0 Å². The molecule has 31 heavy (non-hydrogen) atoms. The fourth-order valence-corrected chi connectivity index (χ4v) is 5.28. The Balaban J connectivity index is 1.51. The van der Waals surface area contributed by atoms with Crippen molar-refractivity contribution in [3.63, 3.8) is 0 Å². The van der Waals surface area contributed by atoms with Gasteiger partial charge in [-0.05, 0) is 43.6 Å². The van der Waals surface area contributed by atoms with Crippen molar-refractivity contribution in [3.8, 4) is 0 Å². The van der Waals surface area contributed by atoms with E-state index in [1.54, 1.807) is 0 Å². The van der Waals surface area contributed by atoms with Crippen LogP contribution in [0.3, 0.4) is 0 Å². The molecule has 3 rings (SSSR count). The van der Waals surface area contributed by atoms with Crippen LogP contribution in [0.15, 0.2) is 30.3 Å². The van der Waals surface area contributed by atoms with Crippen molar-refractivity contribution in [1.82, 2.24) is 5.32 Å². The van der Waals surface area contributed by atoms with Crippen LogP contribution in [0.4, 0.5) is 4.79 Å². The van der Waals surface area contributed by atoms with Crippen molar-refractivity contribution in [1.29, 1.82) is 0 Å². The monoisotopic (exact) mass is 431 g/mol. The van der Waals surface area contributed by atoms with E-state index in [4.69, 9.17) is 14.6 Å². The average molecular weight is 432 g/mol. The molecule has 0 aliphatic carbocycles. The van der Waals surface area contributed by atoms with Crippen LogP contribution in [0, 0.1) is 11.8 Å². The Labute approximate surface area is 185 Å². The zero-order valence-corrected chi connectivity index (χ0v) is 18.6. The lowest BCUT2D eigenvalue weighted by atomic mass is 9.73. The molecule has 2 aliphatic rings. The number of hydrogen-bond acceptors (Lipinski definition) is 4. The summed E-state index contributed by atoms with van der Waals surface area (Å²) in [5.41, 5.74) is 1.05. The highest BCUT2D eigenvalue weighted by Gasteiger charge is 2.52. The summed E-state index contributed by atoms with van der Waals surface area (Å²) in [4.78, 5) is 23.2. The second-order valence-corrected chi connectivity index (χ2v) is 8.95. The van der Waals surface area contributed by atoms with Crippen LogP contribution in [0.5, 0.6) is 0 Å². The van der Waals surface area contributed by atoms with E-state index in [2.05, 4.69) is 12.2 Å². The molecule has 2 saturated heterocycles. The second kappa shape index (κ2) is 12.1. The number of amides is 1. The van der Waals surface area contributed by atoms with Gasteiger partial charge >= 0.3 is 12.1 Å². The molecule has 1 aromatic rings. The van der Waals surface area contributed by atoms with E-state index in [0.717, 1.165) is 63.4 Å². The number of aliphatic carboxylic acids is 1. The number of hydrogen-bond donors (Lipinski definition) is 2. The van der Waals surface area contributed by atoms with E-state index < -0.39 is 5.97 Å². The maximum Gasteiger partial charge on any atom is 0.407 e. The Morgan fingerprint density at radius 2 is 1.87 bits per heavy atom. The largest absolute Gasteiger partial charge is 0.481 e. The zero-order chi connectivity index (χ0) is 22.1. The highest BCUT2D eigenvalue weighted by molar-refractivity contribution is 5.67. The first-order chi connectivity index (χ1) is 15.1. The first-order valence-electron chi connectivity index (χ1n) is 11.9. The summed E-state index contributed by atoms with van der Waals surface area (Å²) in [6.45, 7) is 2.59. The molecule has 2 bridgehead atoms. The molecule has 1 aromatic carbocycles. The minimum Gasteiger partial charge on any atom is -0.481 e. The molecule has 0 radical (unpaired) electrons. The van der Waals surface area contributed by atoms with E-state index in [1.807, 2.05) is 30.3 Å². The Morgan fingerprint density at radius 1 is 1.13 bits per heavy atom. The van der Waals surface area contributed by atoms with Crippen LogP contribution in [0.2, 0.25) is 0 Å². The molecule has 2 N–H and O–H groups in total. The molecule has 0 aromatic heterocycles. The first kappa shape index (κ1) is 23.6. The standard InChI is InChI=1S/C25H37NO5/c1-2-10-21(31-25(29)26-17-18-11-6-5-7-12-18)24-19(20-15-16-22(24)30-20)13-8-3-4-9-14-23(27)28/h5-7,11-12,19-22,24H,2-4,8-10,13-17H2,1H3,(H,26,29)(H,27,28). The molecule has 2 heterocycles. The molecular weight excluding hydrogens is 394 g/mol. The molecule has 5 unspecified atom stereocenters. The van der Waals surface area contributed by atoms with Crippen LogP contribution in [0.25, 0.3) is 0 Å². The number of rotatable bonds is 13. The van der Waals surface area contributed by atoms with Crippen LogP contribution in [-0.4, -0.2) is 35.5 Å². The topological polar surface area (TPSA) is 84.9 Å². The number of unbranched alkanes of at least 4 members (excludes halogenated alkanes) is 3. The fraction of sp³-hybridized carbons (Fsp3) is 0.680. The summed E-state index contributed by atoms with van der Waals surface area (Å²) >= 11 is 0. The molecule has 2 aliphatic heterocycles. The number of nitrogens with one attached hydrogen (secondary N) is 1. The van der Waals surface area contributed by atoms with Gasteiger partial charge in [-0.25, -0.2) is 4.79 Å². The number of benzene rings is 1. The number of carbonyl (C=O) groups is 2. The maximum absolute atomic E-state index is 12.5. The Bertz CT molecular complexity index is 694. The number of carboxylic acid groups (broad SMARTS) is 1. The number of ether oxygens (including phenoxy) is 2. The first-order valence-corrected chi connectivity index (χ1v) is 11.9. The van der Waals surface area contributed by atoms with Crippen molar-refractivity contribution < 1.29 is 24.2 Å². The lowest BCUT2D eigenvalue weighted by Gasteiger charge is -2.34. The summed E-state index contributed by atoms with van der Waals surface area (Å²) in [6, 6.07) is 9.85. The Morgan fingerprint density at radius 3 is 2.61 bits per heavy atom. The van der Waals surface area contributed by atoms with Crippen LogP contribution >= 0.6 is 0 Å². The van der Waals surface area contributed by atoms with Crippen molar-refractivity contribution in [3.05, 3.63) is 35.9 Å². The minimum atomic E-state index is -0.716. The molecule has 1 amide bonds. The van der Waals surface area contributed by atoms with Gasteiger partial charge < -0.3 is 19.9 Å². The normalized spacial score (nSPS) is 25.3. The Hall–Kier alpha value is -2.08.